The van der Waals surface area contributed by atoms with Gasteiger partial charge in [-0.05, 0) is 37.4 Å². The van der Waals surface area contributed by atoms with Gasteiger partial charge in [-0.25, -0.2) is 0 Å². The Morgan fingerprint density at radius 2 is 2.11 bits per heavy atom. The van der Waals surface area contributed by atoms with Crippen LogP contribution >= 0.6 is 0 Å². The Labute approximate surface area is 115 Å². The van der Waals surface area contributed by atoms with Gasteiger partial charge in [0, 0.05) is 36.8 Å². The molecule has 0 fully saturated rings. The predicted octanol–water partition coefficient (Wildman–Crippen LogP) is 2.66. The van der Waals surface area contributed by atoms with Crippen LogP contribution in [0.15, 0.2) is 30.5 Å². The minimum absolute atomic E-state index is 0.286. The van der Waals surface area contributed by atoms with E-state index in [1.807, 2.05) is 0 Å². The van der Waals surface area contributed by atoms with Crippen LogP contribution in [-0.2, 0) is 6.42 Å². The van der Waals surface area contributed by atoms with Gasteiger partial charge in [-0.2, -0.15) is 0 Å². The van der Waals surface area contributed by atoms with Gasteiger partial charge in [-0.3, -0.25) is 0 Å². The standard InChI is InChI=1S/C16H24N2O/c1-3-13(12-19)11-18(2)9-8-14-10-17-16-7-5-4-6-15(14)16/h4-7,10,13,17,19H,3,8-9,11-12H2,1-2H3. The Morgan fingerprint density at radius 3 is 2.84 bits per heavy atom. The number of para-hydroxylation sites is 1. The summed E-state index contributed by atoms with van der Waals surface area (Å²) in [6.45, 7) is 4.41. The number of rotatable bonds is 7. The fourth-order valence-electron chi connectivity index (χ4n) is 2.50. The molecule has 0 spiro atoms. The lowest BCUT2D eigenvalue weighted by molar-refractivity contribution is 0.177. The van der Waals surface area contributed by atoms with Gasteiger partial charge in [0.2, 0.25) is 0 Å². The topological polar surface area (TPSA) is 39.3 Å². The van der Waals surface area contributed by atoms with Gasteiger partial charge in [0.05, 0.1) is 0 Å². The summed E-state index contributed by atoms with van der Waals surface area (Å²) in [5.41, 5.74) is 2.58. The van der Waals surface area contributed by atoms with Gasteiger partial charge >= 0.3 is 0 Å². The zero-order valence-corrected chi connectivity index (χ0v) is 11.9. The van der Waals surface area contributed by atoms with Crippen molar-refractivity contribution in [3.8, 4) is 0 Å². The molecule has 3 heteroatoms. The number of nitrogens with one attached hydrogen (secondary N) is 1. The fourth-order valence-corrected chi connectivity index (χ4v) is 2.50. The number of nitrogens with zero attached hydrogens (tertiary/aromatic N) is 1. The van der Waals surface area contributed by atoms with E-state index in [-0.39, 0.29) is 6.61 Å². The maximum atomic E-state index is 9.24. The van der Waals surface area contributed by atoms with Crippen molar-refractivity contribution in [2.75, 3.05) is 26.7 Å². The van der Waals surface area contributed by atoms with Gasteiger partial charge in [-0.15, -0.1) is 0 Å². The van der Waals surface area contributed by atoms with E-state index >= 15 is 0 Å². The molecule has 1 unspecified atom stereocenters. The van der Waals surface area contributed by atoms with Crippen LogP contribution in [0, 0.1) is 5.92 Å². The first-order valence-electron chi connectivity index (χ1n) is 7.09. The first-order chi connectivity index (χ1) is 9.24. The molecule has 0 amide bonds. The van der Waals surface area contributed by atoms with E-state index in [9.17, 15) is 5.11 Å². The maximum absolute atomic E-state index is 9.24. The fraction of sp³-hybridized carbons (Fsp3) is 0.500. The molecule has 1 atom stereocenters. The summed E-state index contributed by atoms with van der Waals surface area (Å²) in [5.74, 6) is 0.396. The molecule has 2 aromatic rings. The van der Waals surface area contributed by atoms with Gasteiger partial charge in [0.1, 0.15) is 0 Å². The Hall–Kier alpha value is -1.32. The van der Waals surface area contributed by atoms with Gasteiger partial charge in [-0.1, -0.05) is 25.1 Å². The molecule has 0 saturated heterocycles. The van der Waals surface area contributed by atoms with E-state index < -0.39 is 0 Å². The van der Waals surface area contributed by atoms with Crippen molar-refractivity contribution in [3.05, 3.63) is 36.0 Å². The summed E-state index contributed by atoms with van der Waals surface area (Å²) in [6.07, 6.45) is 4.19. The van der Waals surface area contributed by atoms with Gasteiger partial charge in [0.25, 0.3) is 0 Å². The lowest BCUT2D eigenvalue weighted by atomic mass is 10.1. The van der Waals surface area contributed by atoms with E-state index in [4.69, 9.17) is 0 Å². The first-order valence-corrected chi connectivity index (χ1v) is 7.09. The third kappa shape index (κ3) is 3.58. The van der Waals surface area contributed by atoms with Crippen LogP contribution in [0.2, 0.25) is 0 Å². The maximum Gasteiger partial charge on any atom is 0.0471 e. The summed E-state index contributed by atoms with van der Waals surface area (Å²) in [6, 6.07) is 8.43. The Balaban J connectivity index is 1.91. The summed E-state index contributed by atoms with van der Waals surface area (Å²) in [5, 5.41) is 10.6. The van der Waals surface area contributed by atoms with Crippen molar-refractivity contribution in [2.45, 2.75) is 19.8 Å². The van der Waals surface area contributed by atoms with Crippen molar-refractivity contribution >= 4 is 10.9 Å². The smallest absolute Gasteiger partial charge is 0.0471 e. The summed E-state index contributed by atoms with van der Waals surface area (Å²) in [7, 11) is 2.13. The highest BCUT2D eigenvalue weighted by molar-refractivity contribution is 5.83. The third-order valence-electron chi connectivity index (χ3n) is 3.84. The number of fused-ring (bicyclic) bond motifs is 1. The molecular weight excluding hydrogens is 236 g/mol. The Morgan fingerprint density at radius 1 is 1.32 bits per heavy atom. The lowest BCUT2D eigenvalue weighted by Crippen LogP contribution is -2.29. The minimum Gasteiger partial charge on any atom is -0.396 e. The molecule has 0 radical (unpaired) electrons. The highest BCUT2D eigenvalue weighted by Gasteiger charge is 2.09. The molecule has 3 nitrogen and oxygen atoms in total. The molecule has 0 bridgehead atoms. The minimum atomic E-state index is 0.286. The summed E-state index contributed by atoms with van der Waals surface area (Å²) < 4.78 is 0. The molecule has 1 aromatic heterocycles. The van der Waals surface area contributed by atoms with Crippen LogP contribution in [-0.4, -0.2) is 41.7 Å². The molecule has 1 heterocycles. The number of hydrogen-bond acceptors (Lipinski definition) is 2. The first kappa shape index (κ1) is 14.1. The summed E-state index contributed by atoms with van der Waals surface area (Å²) in [4.78, 5) is 5.63. The van der Waals surface area contributed by atoms with Crippen LogP contribution in [0.3, 0.4) is 0 Å². The van der Waals surface area contributed by atoms with Crippen molar-refractivity contribution in [1.82, 2.24) is 9.88 Å². The van der Waals surface area contributed by atoms with Crippen molar-refractivity contribution in [1.29, 1.82) is 0 Å². The van der Waals surface area contributed by atoms with Crippen LogP contribution in [0.25, 0.3) is 10.9 Å². The highest BCUT2D eigenvalue weighted by atomic mass is 16.3. The predicted molar refractivity (Wildman–Crippen MR) is 80.4 cm³/mol. The van der Waals surface area contributed by atoms with Crippen molar-refractivity contribution in [2.24, 2.45) is 5.92 Å². The third-order valence-corrected chi connectivity index (χ3v) is 3.84. The quantitative estimate of drug-likeness (QED) is 0.803. The normalized spacial score (nSPS) is 13.3. The number of benzene rings is 1. The number of hydrogen-bond donors (Lipinski definition) is 2. The average Bonchev–Trinajstić information content (AvgIpc) is 2.86. The molecule has 2 rings (SSSR count). The summed E-state index contributed by atoms with van der Waals surface area (Å²) >= 11 is 0. The van der Waals surface area contributed by atoms with Crippen LogP contribution in [0.1, 0.15) is 18.9 Å². The number of aromatic amines is 1. The molecule has 0 aliphatic rings. The average molecular weight is 260 g/mol. The Bertz CT molecular complexity index is 502. The number of aliphatic hydroxyl groups is 1. The highest BCUT2D eigenvalue weighted by Crippen LogP contribution is 2.18. The largest absolute Gasteiger partial charge is 0.396 e. The SMILES string of the molecule is CCC(CO)CN(C)CCc1c[nH]c2ccccc12. The number of likely N-dealkylation sites (N-methyl/N-ethyl adjacent to an activating group) is 1. The molecule has 0 aliphatic heterocycles. The number of aliphatic hydroxyl groups excluding tert-OH is 1. The molecule has 2 N–H and O–H groups in total. The van der Waals surface area contributed by atoms with Crippen LogP contribution < -0.4 is 0 Å². The van der Waals surface area contributed by atoms with Crippen LogP contribution in [0.5, 0.6) is 0 Å². The number of aromatic nitrogens is 1. The molecule has 104 valence electrons. The van der Waals surface area contributed by atoms with Crippen molar-refractivity contribution < 1.29 is 5.11 Å². The number of H-pyrrole nitrogens is 1. The molecule has 19 heavy (non-hydrogen) atoms. The van der Waals surface area contributed by atoms with E-state index in [0.717, 1.165) is 25.9 Å². The van der Waals surface area contributed by atoms with Crippen LogP contribution in [0.4, 0.5) is 0 Å². The van der Waals surface area contributed by atoms with Gasteiger partial charge < -0.3 is 15.0 Å². The second kappa shape index (κ2) is 6.73. The molecular formula is C16H24N2O. The van der Waals surface area contributed by atoms with E-state index in [0.29, 0.717) is 5.92 Å². The van der Waals surface area contributed by atoms with Crippen molar-refractivity contribution in [3.63, 3.8) is 0 Å². The van der Waals surface area contributed by atoms with E-state index in [2.05, 4.69) is 54.3 Å². The van der Waals surface area contributed by atoms with Gasteiger partial charge in [0.15, 0.2) is 0 Å². The zero-order chi connectivity index (χ0) is 13.7. The zero-order valence-electron chi connectivity index (χ0n) is 11.9. The Kier molecular flexibility index (Phi) is 5.00. The lowest BCUT2D eigenvalue weighted by Gasteiger charge is -2.21. The second-order valence-electron chi connectivity index (χ2n) is 5.33. The van der Waals surface area contributed by atoms with E-state index in [1.165, 1.54) is 16.5 Å². The molecule has 0 saturated carbocycles. The monoisotopic (exact) mass is 260 g/mol. The van der Waals surface area contributed by atoms with E-state index in [1.54, 1.807) is 0 Å². The molecule has 0 aliphatic carbocycles. The second-order valence-corrected chi connectivity index (χ2v) is 5.33. The molecule has 1 aromatic carbocycles.